The number of alkyl halides is 5. The van der Waals surface area contributed by atoms with Crippen LogP contribution in [0.25, 0.3) is 22.0 Å². The highest BCUT2D eigenvalue weighted by molar-refractivity contribution is 7.15. The van der Waals surface area contributed by atoms with Gasteiger partial charge in [0.15, 0.2) is 5.82 Å². The van der Waals surface area contributed by atoms with Gasteiger partial charge in [0, 0.05) is 17.5 Å². The lowest BCUT2D eigenvalue weighted by Crippen LogP contribution is -2.24. The maximum absolute atomic E-state index is 14.1. The average Bonchev–Trinajstić information content (AvgIpc) is 3.45. The van der Waals surface area contributed by atoms with E-state index in [9.17, 15) is 26.7 Å². The monoisotopic (exact) mass is 525 g/mol. The van der Waals surface area contributed by atoms with Crippen LogP contribution in [-0.4, -0.2) is 27.7 Å². The van der Waals surface area contributed by atoms with Gasteiger partial charge in [0.25, 0.3) is 5.92 Å². The molecule has 0 aliphatic carbocycles. The Morgan fingerprint density at radius 3 is 2.22 bits per heavy atom. The molecule has 36 heavy (non-hydrogen) atoms. The van der Waals surface area contributed by atoms with Crippen LogP contribution in [0.2, 0.25) is 0 Å². The summed E-state index contributed by atoms with van der Waals surface area (Å²) in [4.78, 5) is 18.6. The third-order valence-corrected chi connectivity index (χ3v) is 6.69. The van der Waals surface area contributed by atoms with Crippen molar-refractivity contribution in [3.05, 3.63) is 80.8 Å². The molecule has 2 aromatic heterocycles. The summed E-state index contributed by atoms with van der Waals surface area (Å²) in [6, 6.07) is 11.1. The van der Waals surface area contributed by atoms with Crippen molar-refractivity contribution in [2.45, 2.75) is 38.5 Å². The highest BCUT2D eigenvalue weighted by Crippen LogP contribution is 2.39. The van der Waals surface area contributed by atoms with Gasteiger partial charge in [-0.05, 0) is 24.6 Å². The highest BCUT2D eigenvalue weighted by atomic mass is 32.1. The van der Waals surface area contributed by atoms with Gasteiger partial charge in [0.05, 0.1) is 16.1 Å². The number of benzene rings is 2. The van der Waals surface area contributed by atoms with Crippen molar-refractivity contribution >= 4 is 11.3 Å². The van der Waals surface area contributed by atoms with E-state index >= 15 is 0 Å². The van der Waals surface area contributed by atoms with Crippen molar-refractivity contribution in [1.29, 1.82) is 0 Å². The number of hydrogen-bond donors (Lipinski definition) is 1. The number of thiazole rings is 1. The minimum absolute atomic E-state index is 0.208. The maximum Gasteiger partial charge on any atom is 0.439 e. The lowest BCUT2D eigenvalue weighted by Gasteiger charge is -2.21. The van der Waals surface area contributed by atoms with Crippen LogP contribution in [0.5, 0.6) is 0 Å². The predicted octanol–water partition coefficient (Wildman–Crippen LogP) is 6.63. The first-order chi connectivity index (χ1) is 17.0. The Morgan fingerprint density at radius 2 is 1.67 bits per heavy atom. The maximum atomic E-state index is 14.1. The van der Waals surface area contributed by atoms with Crippen molar-refractivity contribution in [2.24, 2.45) is 0 Å². The zero-order chi connectivity index (χ0) is 26.1. The molecule has 4 aromatic rings. The number of rotatable bonds is 8. The number of aromatic amines is 1. The van der Waals surface area contributed by atoms with Crippen molar-refractivity contribution in [3.8, 4) is 22.0 Å². The molecule has 2 aromatic carbocycles. The van der Waals surface area contributed by atoms with Gasteiger partial charge in [-0.3, -0.25) is 9.51 Å². The summed E-state index contributed by atoms with van der Waals surface area (Å²) in [5, 5.41) is 4.05. The van der Waals surface area contributed by atoms with Crippen LogP contribution in [0.4, 0.5) is 22.0 Å². The van der Waals surface area contributed by atoms with Gasteiger partial charge in [-0.2, -0.15) is 13.2 Å². The minimum Gasteiger partial charge on any atom is -0.362 e. The SMILES string of the molecule is CCC(F)(F)COC(c1ccc(-c2noc(=O)[nH]2)cc1)c1sc(-c2ccc(C(F)(F)F)cc2)nc1C. The summed E-state index contributed by atoms with van der Waals surface area (Å²) in [7, 11) is 0. The van der Waals surface area contributed by atoms with Crippen LogP contribution in [0, 0.1) is 6.92 Å². The lowest BCUT2D eigenvalue weighted by atomic mass is 10.0. The van der Waals surface area contributed by atoms with E-state index in [1.807, 2.05) is 0 Å². The van der Waals surface area contributed by atoms with Gasteiger partial charge < -0.3 is 4.74 Å². The molecule has 4 rings (SSSR count). The number of nitrogens with one attached hydrogen (secondary N) is 1. The number of aromatic nitrogens is 3. The molecule has 0 amide bonds. The summed E-state index contributed by atoms with van der Waals surface area (Å²) < 4.78 is 77.1. The third-order valence-electron chi connectivity index (χ3n) is 5.44. The molecule has 0 radical (unpaired) electrons. The van der Waals surface area contributed by atoms with E-state index < -0.39 is 42.6 Å². The van der Waals surface area contributed by atoms with Gasteiger partial charge in [0.1, 0.15) is 17.7 Å². The second-order valence-electron chi connectivity index (χ2n) is 8.01. The van der Waals surface area contributed by atoms with Crippen LogP contribution in [0.15, 0.2) is 57.8 Å². The van der Waals surface area contributed by atoms with Crippen LogP contribution in [0.3, 0.4) is 0 Å². The molecule has 0 saturated carbocycles. The summed E-state index contributed by atoms with van der Waals surface area (Å²) in [5.41, 5.74) is 1.27. The normalized spacial score (nSPS) is 13.2. The Balaban J connectivity index is 1.68. The highest BCUT2D eigenvalue weighted by Gasteiger charge is 2.32. The van der Waals surface area contributed by atoms with E-state index in [1.165, 1.54) is 19.1 Å². The van der Waals surface area contributed by atoms with E-state index in [4.69, 9.17) is 4.74 Å². The molecule has 1 atom stereocenters. The van der Waals surface area contributed by atoms with E-state index in [1.54, 1.807) is 31.2 Å². The number of ether oxygens (including phenoxy) is 1. The average molecular weight is 525 g/mol. The fourth-order valence-corrected chi connectivity index (χ4v) is 4.53. The number of aryl methyl sites for hydroxylation is 1. The zero-order valence-corrected chi connectivity index (χ0v) is 19.8. The molecule has 190 valence electrons. The molecule has 0 aliphatic rings. The third kappa shape index (κ3) is 5.71. The van der Waals surface area contributed by atoms with E-state index in [0.29, 0.717) is 32.3 Å². The molecule has 0 aliphatic heterocycles. The number of halogens is 5. The van der Waals surface area contributed by atoms with Crippen molar-refractivity contribution in [2.75, 3.05) is 6.61 Å². The van der Waals surface area contributed by atoms with Crippen LogP contribution in [0.1, 0.15) is 41.1 Å². The van der Waals surface area contributed by atoms with Gasteiger partial charge >= 0.3 is 11.9 Å². The standard InChI is InChI=1S/C24H20F5N3O3S/c1-3-23(25,26)12-34-18(14-4-6-15(7-5-14)20-31-22(33)35-32-20)19-13(2)30-21(36-19)16-8-10-17(11-9-16)24(27,28)29/h4-11,18H,3,12H2,1-2H3,(H,31,32,33). The van der Waals surface area contributed by atoms with Gasteiger partial charge in [0.2, 0.25) is 0 Å². The summed E-state index contributed by atoms with van der Waals surface area (Å²) in [5.74, 6) is -3.55. The number of hydrogen-bond acceptors (Lipinski definition) is 6. The summed E-state index contributed by atoms with van der Waals surface area (Å²) >= 11 is 1.15. The predicted molar refractivity (Wildman–Crippen MR) is 123 cm³/mol. The molecule has 0 fully saturated rings. The van der Waals surface area contributed by atoms with Crippen LogP contribution < -0.4 is 5.76 Å². The van der Waals surface area contributed by atoms with Gasteiger partial charge in [-0.15, -0.1) is 11.3 Å². The molecule has 0 saturated heterocycles. The molecular weight excluding hydrogens is 505 g/mol. The Morgan fingerprint density at radius 1 is 1.03 bits per heavy atom. The molecule has 1 unspecified atom stereocenters. The fraction of sp³-hybridized carbons (Fsp3) is 0.292. The summed E-state index contributed by atoms with van der Waals surface area (Å²) in [6.45, 7) is 2.20. The number of nitrogens with zero attached hydrogens (tertiary/aromatic N) is 2. The first-order valence-corrected chi connectivity index (χ1v) is 11.6. The largest absolute Gasteiger partial charge is 0.439 e. The Labute approximate surface area is 205 Å². The van der Waals surface area contributed by atoms with E-state index in [-0.39, 0.29) is 5.82 Å². The summed E-state index contributed by atoms with van der Waals surface area (Å²) in [6.07, 6.45) is -5.78. The second-order valence-corrected chi connectivity index (χ2v) is 9.04. The van der Waals surface area contributed by atoms with Crippen LogP contribution in [-0.2, 0) is 10.9 Å². The second kappa shape index (κ2) is 9.94. The number of H-pyrrole nitrogens is 1. The Hall–Kier alpha value is -3.38. The molecular formula is C24H20F5N3O3S. The van der Waals surface area contributed by atoms with Gasteiger partial charge in [-0.25, -0.2) is 18.6 Å². The molecule has 6 nitrogen and oxygen atoms in total. The molecule has 0 spiro atoms. The fourth-order valence-electron chi connectivity index (χ4n) is 3.38. The Bertz CT molecular complexity index is 1380. The lowest BCUT2D eigenvalue weighted by molar-refractivity contribution is -0.137. The zero-order valence-electron chi connectivity index (χ0n) is 19.0. The molecule has 12 heteroatoms. The first-order valence-electron chi connectivity index (χ1n) is 10.8. The molecule has 0 bridgehead atoms. The van der Waals surface area contributed by atoms with Crippen molar-refractivity contribution in [1.82, 2.24) is 15.1 Å². The van der Waals surface area contributed by atoms with Crippen molar-refractivity contribution in [3.63, 3.8) is 0 Å². The Kier molecular flexibility index (Phi) is 7.10. The van der Waals surface area contributed by atoms with E-state index in [2.05, 4.69) is 19.6 Å². The van der Waals surface area contributed by atoms with Crippen LogP contribution >= 0.6 is 11.3 Å². The van der Waals surface area contributed by atoms with Gasteiger partial charge in [-0.1, -0.05) is 48.5 Å². The van der Waals surface area contributed by atoms with Crippen molar-refractivity contribution < 1.29 is 31.2 Å². The first kappa shape index (κ1) is 25.7. The van der Waals surface area contributed by atoms with E-state index in [0.717, 1.165) is 23.5 Å². The quantitative estimate of drug-likeness (QED) is 0.261. The molecule has 1 N–H and O–H groups in total. The topological polar surface area (TPSA) is 81.0 Å². The smallest absolute Gasteiger partial charge is 0.362 e. The minimum atomic E-state index is -4.46. The molecule has 2 heterocycles.